The van der Waals surface area contributed by atoms with E-state index in [1.54, 1.807) is 0 Å². The molecule has 37 heavy (non-hydrogen) atoms. The Morgan fingerprint density at radius 3 is 2.57 bits per heavy atom. The molecule has 1 fully saturated rings. The van der Waals surface area contributed by atoms with E-state index >= 15 is 0 Å². The van der Waals surface area contributed by atoms with Crippen LogP contribution in [0, 0.1) is 0 Å². The maximum absolute atomic E-state index is 13.2. The van der Waals surface area contributed by atoms with Gasteiger partial charge in [0.15, 0.2) is 0 Å². The third-order valence-electron chi connectivity index (χ3n) is 5.64. The van der Waals surface area contributed by atoms with Crippen LogP contribution in [0.5, 0.6) is 0 Å². The Hall–Kier alpha value is -4.48. The second-order valence-corrected chi connectivity index (χ2v) is 8.22. The number of amides is 2. The molecule has 1 unspecified atom stereocenters. The molecule has 194 valence electrons. The maximum Gasteiger partial charge on any atom is 0.418 e. The third-order valence-corrected chi connectivity index (χ3v) is 5.64. The van der Waals surface area contributed by atoms with Crippen LogP contribution in [0.25, 0.3) is 0 Å². The van der Waals surface area contributed by atoms with Gasteiger partial charge in [-0.3, -0.25) is 24.4 Å². The Morgan fingerprint density at radius 2 is 1.97 bits per heavy atom. The molecule has 0 spiro atoms. The molecule has 1 aliphatic rings. The summed E-state index contributed by atoms with van der Waals surface area (Å²) in [5, 5.41) is 7.96. The molecular weight excluding hydrogens is 489 g/mol. The number of rotatable bonds is 9. The number of ketones is 1. The minimum atomic E-state index is -4.52. The number of Topliss-reactive ketones (excluding diaryl/α,β-unsaturated/α-hetero) is 1. The number of hydrogen-bond acceptors (Lipinski definition) is 7. The number of alkyl halides is 3. The first-order valence-corrected chi connectivity index (χ1v) is 11.1. The van der Waals surface area contributed by atoms with Crippen molar-refractivity contribution in [1.82, 2.24) is 15.6 Å². The van der Waals surface area contributed by atoms with Crippen molar-refractivity contribution in [1.29, 1.82) is 0 Å². The zero-order valence-electron chi connectivity index (χ0n) is 19.6. The van der Waals surface area contributed by atoms with Gasteiger partial charge in [0, 0.05) is 31.5 Å². The van der Waals surface area contributed by atoms with Gasteiger partial charge in [0.1, 0.15) is 11.3 Å². The summed E-state index contributed by atoms with van der Waals surface area (Å²) in [6.45, 7) is 3.37. The van der Waals surface area contributed by atoms with Crippen molar-refractivity contribution >= 4 is 35.2 Å². The Morgan fingerprint density at radius 1 is 1.22 bits per heavy atom. The van der Waals surface area contributed by atoms with Crippen molar-refractivity contribution in [3.63, 3.8) is 0 Å². The molecule has 1 saturated carbocycles. The normalized spacial score (nSPS) is 18.0. The van der Waals surface area contributed by atoms with Crippen LogP contribution < -0.4 is 21.7 Å². The summed E-state index contributed by atoms with van der Waals surface area (Å²) in [5.41, 5.74) is 3.80. The zero-order chi connectivity index (χ0) is 27.1. The van der Waals surface area contributed by atoms with Crippen LogP contribution in [0.2, 0.25) is 0 Å². The first-order valence-electron chi connectivity index (χ1n) is 11.1. The van der Waals surface area contributed by atoms with Gasteiger partial charge in [0.25, 0.3) is 5.91 Å². The monoisotopic (exact) mass is 514 g/mol. The van der Waals surface area contributed by atoms with Gasteiger partial charge in [-0.2, -0.15) is 13.2 Å². The fraction of sp³-hybridized carbons (Fsp3) is 0.240. The highest BCUT2D eigenvalue weighted by molar-refractivity contribution is 6.14. The van der Waals surface area contributed by atoms with Crippen molar-refractivity contribution in [2.75, 3.05) is 5.32 Å². The quantitative estimate of drug-likeness (QED) is 0.300. The van der Waals surface area contributed by atoms with Crippen LogP contribution in [0.15, 0.2) is 72.1 Å². The van der Waals surface area contributed by atoms with E-state index in [0.29, 0.717) is 11.4 Å². The Kier molecular flexibility index (Phi) is 8.43. The number of aromatic nitrogens is 1. The number of pyridine rings is 1. The highest BCUT2D eigenvalue weighted by Crippen LogP contribution is 2.35. The smallest absolute Gasteiger partial charge is 0.404 e. The van der Waals surface area contributed by atoms with Gasteiger partial charge < -0.3 is 21.7 Å². The molecule has 12 heteroatoms. The standard InChI is InChI=1S/C25H25F3N6O3/c1-2-30-13-16(12-29)22(36)34-24(10-9-19(35)11-24)23(37)32-14-17-7-8-18(15-31-17)33-21-6-4-3-5-20(21)25(26,27)28/h2-8,12-13,15,33H,1,9-11,14,29H2,(H,32,37)(H,34,36)/b16-12+,30-13-. The van der Waals surface area contributed by atoms with E-state index in [4.69, 9.17) is 5.73 Å². The molecule has 1 aliphatic carbocycles. The number of aliphatic imine (C=N–C) groups is 1. The molecule has 2 amide bonds. The molecule has 1 atom stereocenters. The van der Waals surface area contributed by atoms with Gasteiger partial charge in [0.2, 0.25) is 5.91 Å². The number of benzene rings is 1. The molecule has 0 radical (unpaired) electrons. The van der Waals surface area contributed by atoms with Gasteiger partial charge in [-0.15, -0.1) is 0 Å². The Labute approximate surface area is 210 Å². The van der Waals surface area contributed by atoms with Crippen LogP contribution >= 0.6 is 0 Å². The third kappa shape index (κ3) is 6.81. The minimum absolute atomic E-state index is 0.0109. The molecule has 9 nitrogen and oxygen atoms in total. The van der Waals surface area contributed by atoms with E-state index in [9.17, 15) is 27.6 Å². The molecule has 1 heterocycles. The Balaban J connectivity index is 1.67. The topological polar surface area (TPSA) is 139 Å². The highest BCUT2D eigenvalue weighted by atomic mass is 19.4. The number of hydrogen-bond donors (Lipinski definition) is 4. The minimum Gasteiger partial charge on any atom is -0.404 e. The number of anilines is 2. The second kappa shape index (κ2) is 11.5. The first-order chi connectivity index (χ1) is 17.6. The lowest BCUT2D eigenvalue weighted by Crippen LogP contribution is -2.57. The predicted molar refractivity (Wildman–Crippen MR) is 132 cm³/mol. The van der Waals surface area contributed by atoms with E-state index in [0.717, 1.165) is 12.3 Å². The number of nitrogens with two attached hydrogens (primary N) is 1. The van der Waals surface area contributed by atoms with Crippen molar-refractivity contribution in [2.45, 2.75) is 37.5 Å². The van der Waals surface area contributed by atoms with E-state index in [1.807, 2.05) is 0 Å². The number of halogens is 3. The van der Waals surface area contributed by atoms with E-state index in [-0.39, 0.29) is 42.9 Å². The zero-order valence-corrected chi connectivity index (χ0v) is 19.6. The number of para-hydroxylation sites is 1. The van der Waals surface area contributed by atoms with Crippen molar-refractivity contribution in [3.05, 3.63) is 78.4 Å². The summed E-state index contributed by atoms with van der Waals surface area (Å²) >= 11 is 0. The summed E-state index contributed by atoms with van der Waals surface area (Å²) in [6.07, 6.45) is 0.269. The predicted octanol–water partition coefficient (Wildman–Crippen LogP) is 3.13. The molecular formula is C25H25F3N6O3. The summed E-state index contributed by atoms with van der Waals surface area (Å²) in [6, 6.07) is 8.12. The number of carbonyl (C=O) groups excluding carboxylic acids is 3. The molecule has 1 aromatic heterocycles. The average molecular weight is 515 g/mol. The lowest BCUT2D eigenvalue weighted by Gasteiger charge is -2.28. The van der Waals surface area contributed by atoms with Gasteiger partial charge in [-0.25, -0.2) is 0 Å². The molecule has 3 rings (SSSR count). The molecule has 2 aromatic rings. The molecule has 5 N–H and O–H groups in total. The van der Waals surface area contributed by atoms with Gasteiger partial charge >= 0.3 is 6.18 Å². The van der Waals surface area contributed by atoms with Crippen molar-refractivity contribution in [2.24, 2.45) is 10.7 Å². The van der Waals surface area contributed by atoms with Gasteiger partial charge in [-0.05, 0) is 30.7 Å². The second-order valence-electron chi connectivity index (χ2n) is 8.22. The maximum atomic E-state index is 13.2. The number of carbonyl (C=O) groups is 3. The molecule has 0 bridgehead atoms. The van der Waals surface area contributed by atoms with Crippen LogP contribution in [0.1, 0.15) is 30.5 Å². The highest BCUT2D eigenvalue weighted by Gasteiger charge is 2.46. The van der Waals surface area contributed by atoms with Gasteiger partial charge in [-0.1, -0.05) is 18.7 Å². The fourth-order valence-corrected chi connectivity index (χ4v) is 3.76. The number of nitrogens with one attached hydrogen (secondary N) is 3. The first kappa shape index (κ1) is 27.1. The lowest BCUT2D eigenvalue weighted by molar-refractivity contribution is -0.137. The fourth-order valence-electron chi connectivity index (χ4n) is 3.76. The van der Waals surface area contributed by atoms with Crippen molar-refractivity contribution in [3.8, 4) is 0 Å². The van der Waals surface area contributed by atoms with Crippen LogP contribution in [0.4, 0.5) is 24.5 Å². The van der Waals surface area contributed by atoms with E-state index < -0.39 is 29.1 Å². The lowest BCUT2D eigenvalue weighted by atomic mass is 9.95. The molecule has 1 aromatic carbocycles. The summed E-state index contributed by atoms with van der Waals surface area (Å²) < 4.78 is 39.6. The Bertz CT molecular complexity index is 1240. The summed E-state index contributed by atoms with van der Waals surface area (Å²) in [7, 11) is 0. The van der Waals surface area contributed by atoms with Gasteiger partial charge in [0.05, 0.1) is 40.9 Å². The van der Waals surface area contributed by atoms with Crippen LogP contribution in [0.3, 0.4) is 0 Å². The molecule has 0 aliphatic heterocycles. The van der Waals surface area contributed by atoms with E-state index in [2.05, 4.69) is 32.5 Å². The van der Waals surface area contributed by atoms with Crippen molar-refractivity contribution < 1.29 is 27.6 Å². The largest absolute Gasteiger partial charge is 0.418 e. The average Bonchev–Trinajstić information content (AvgIpc) is 3.24. The van der Waals surface area contributed by atoms with E-state index in [1.165, 1.54) is 48.9 Å². The SMILES string of the molecule is C=C/N=C\C(=C/N)C(=O)NC1(C(=O)NCc2ccc(Nc3ccccc3C(F)(F)F)cn2)CCC(=O)C1. The summed E-state index contributed by atoms with van der Waals surface area (Å²) in [5.74, 6) is -1.43. The van der Waals surface area contributed by atoms with Crippen LogP contribution in [-0.2, 0) is 27.1 Å². The molecule has 0 saturated heterocycles. The van der Waals surface area contributed by atoms with Crippen LogP contribution in [-0.4, -0.2) is 34.3 Å². The summed E-state index contributed by atoms with van der Waals surface area (Å²) in [4.78, 5) is 45.6. The number of nitrogens with zero attached hydrogens (tertiary/aromatic N) is 2.